The van der Waals surface area contributed by atoms with Gasteiger partial charge in [-0.3, -0.25) is 0 Å². The molecule has 0 saturated carbocycles. The van der Waals surface area contributed by atoms with Gasteiger partial charge in [0.05, 0.1) is 0 Å². The quantitative estimate of drug-likeness (QED) is 0.304. The molecule has 1 radical (unpaired) electrons. The third kappa shape index (κ3) is 2.99. The van der Waals surface area contributed by atoms with Gasteiger partial charge in [0, 0.05) is 0 Å². The third-order valence-electron chi connectivity index (χ3n) is 0.289. The van der Waals surface area contributed by atoms with E-state index in [0.717, 1.165) is 0 Å². The molecule has 33 valence electrons. The van der Waals surface area contributed by atoms with Crippen molar-refractivity contribution in [3.8, 4) is 0 Å². The first kappa shape index (κ1) is 10.4. The molecule has 0 atom stereocenters. The molecule has 0 spiro atoms. The van der Waals surface area contributed by atoms with Crippen molar-refractivity contribution >= 4 is 22.0 Å². The Bertz CT molecular complexity index is 58.7. The van der Waals surface area contributed by atoms with Crippen molar-refractivity contribution in [1.82, 2.24) is 0 Å². The van der Waals surface area contributed by atoms with E-state index < -0.39 is 22.0 Å². The van der Waals surface area contributed by atoms with Gasteiger partial charge >= 0.3 is 40.9 Å². The van der Waals surface area contributed by atoms with Crippen LogP contribution in [0.15, 0.2) is 0 Å². The van der Waals surface area contributed by atoms with Crippen molar-refractivity contribution in [1.29, 1.82) is 0 Å². The second kappa shape index (κ2) is 4.52. The Labute approximate surface area is 59.0 Å². The Morgan fingerprint density at radius 1 is 1.43 bits per heavy atom. The fraction of sp³-hybridized carbons (Fsp3) is 0. The number of carbonyl (C=O) groups is 1. The molecule has 4 nitrogen and oxygen atoms in total. The maximum atomic E-state index is 9.48. The smallest absolute Gasteiger partial charge is 0.870 e. The van der Waals surface area contributed by atoms with E-state index in [4.69, 9.17) is 0 Å². The first-order valence-corrected chi connectivity index (χ1v) is 2.03. The molecule has 6 heteroatoms. The van der Waals surface area contributed by atoms with Gasteiger partial charge in [0.1, 0.15) is 0 Å². The van der Waals surface area contributed by atoms with Gasteiger partial charge in [0.2, 0.25) is 0 Å². The molecular formula is CHAlLiO4. The summed E-state index contributed by atoms with van der Waals surface area (Å²) in [5.74, 6) is 0. The predicted octanol–water partition coefficient (Wildman–Crippen LogP) is -3.49. The van der Waals surface area contributed by atoms with Crippen molar-refractivity contribution in [2.75, 3.05) is 0 Å². The standard InChI is InChI=1S/CH2O3.Al.Li.H2O/c2-1(3)4;;;/h(H2,2,3,4);;;1H2/q;+2;+1;/p-3. The molecule has 1 aliphatic rings. The van der Waals surface area contributed by atoms with E-state index in [1.165, 1.54) is 0 Å². The van der Waals surface area contributed by atoms with Crippen molar-refractivity contribution in [3.05, 3.63) is 0 Å². The predicted molar refractivity (Wildman–Crippen MR) is 15.3 cm³/mol. The van der Waals surface area contributed by atoms with Crippen molar-refractivity contribution in [2.24, 2.45) is 0 Å². The molecule has 1 heterocycles. The van der Waals surface area contributed by atoms with Crippen molar-refractivity contribution in [2.45, 2.75) is 0 Å². The second-order valence-electron chi connectivity index (χ2n) is 0.582. The molecule has 1 N–H and O–H groups in total. The summed E-state index contributed by atoms with van der Waals surface area (Å²) >= 11 is -0.420. The minimum Gasteiger partial charge on any atom is -0.870 e. The molecule has 0 bridgehead atoms. The fourth-order valence-electron chi connectivity index (χ4n) is 0.0874. The van der Waals surface area contributed by atoms with E-state index in [9.17, 15) is 4.79 Å². The van der Waals surface area contributed by atoms with Crippen LogP contribution >= 0.6 is 0 Å². The van der Waals surface area contributed by atoms with Gasteiger partial charge in [0.25, 0.3) is 0 Å². The van der Waals surface area contributed by atoms with Crippen LogP contribution in [0.4, 0.5) is 4.79 Å². The van der Waals surface area contributed by atoms with Crippen LogP contribution in [0.25, 0.3) is 0 Å². The van der Waals surface area contributed by atoms with Crippen LogP contribution in [0.2, 0.25) is 0 Å². The van der Waals surface area contributed by atoms with Crippen LogP contribution in [-0.2, 0) is 7.58 Å². The molecule has 0 aromatic heterocycles. The Kier molecular flexibility index (Phi) is 6.69. The molecule has 1 aliphatic heterocycles. The summed E-state index contributed by atoms with van der Waals surface area (Å²) < 4.78 is 8.31. The summed E-state index contributed by atoms with van der Waals surface area (Å²) in [6.45, 7) is 0. The molecule has 0 aromatic rings. The van der Waals surface area contributed by atoms with Crippen LogP contribution < -0.4 is 18.9 Å². The van der Waals surface area contributed by atoms with E-state index in [-0.39, 0.29) is 24.3 Å². The van der Waals surface area contributed by atoms with Gasteiger partial charge in [-0.2, -0.15) is 0 Å². The number of hydrogen-bond acceptors (Lipinski definition) is 4. The molecular weight excluding hydrogens is 110 g/mol. The minimum absolute atomic E-state index is 0. The maximum Gasteiger partial charge on any atom is 1.00 e. The van der Waals surface area contributed by atoms with E-state index in [0.29, 0.717) is 0 Å². The summed E-state index contributed by atoms with van der Waals surface area (Å²) in [5.41, 5.74) is 0. The van der Waals surface area contributed by atoms with Gasteiger partial charge < -0.3 is 13.1 Å². The van der Waals surface area contributed by atoms with Crippen LogP contribution in [0, 0.1) is 0 Å². The number of rotatable bonds is 0. The summed E-state index contributed by atoms with van der Waals surface area (Å²) in [6.07, 6.45) is -0.528. The van der Waals surface area contributed by atoms with Crippen molar-refractivity contribution < 1.29 is 36.7 Å². The molecule has 0 aromatic carbocycles. The van der Waals surface area contributed by atoms with Crippen LogP contribution in [0.3, 0.4) is 0 Å². The number of hydrogen-bond donors (Lipinski definition) is 0. The Hall–Kier alpha value is 0.360. The summed E-state index contributed by atoms with van der Waals surface area (Å²) in [7, 11) is 0. The van der Waals surface area contributed by atoms with E-state index >= 15 is 0 Å². The fourth-order valence-corrected chi connectivity index (χ4v) is 0.262. The van der Waals surface area contributed by atoms with Crippen LogP contribution in [-0.4, -0.2) is 27.5 Å². The topological polar surface area (TPSA) is 65.5 Å². The Balaban J connectivity index is 0. The van der Waals surface area contributed by atoms with Gasteiger partial charge in [-0.05, 0) is 0 Å². The normalized spacial score (nSPS) is 12.3. The first-order chi connectivity index (χ1) is 2.39. The zero-order valence-electron chi connectivity index (χ0n) is 3.75. The zero-order valence-corrected chi connectivity index (χ0v) is 4.90. The molecule has 1 saturated heterocycles. The van der Waals surface area contributed by atoms with Crippen molar-refractivity contribution in [3.63, 3.8) is 0 Å². The van der Waals surface area contributed by atoms with Gasteiger partial charge in [-0.15, -0.1) is 0 Å². The van der Waals surface area contributed by atoms with E-state index in [2.05, 4.69) is 7.58 Å². The average Bonchev–Trinajstić information content (AvgIpc) is 1.30. The summed E-state index contributed by atoms with van der Waals surface area (Å²) in [5, 5.41) is 0. The SMILES string of the molecule is O=C1[O][Al][O]1.[Li+].[OH-]. The summed E-state index contributed by atoms with van der Waals surface area (Å²) in [4.78, 5) is 9.48. The number of carbonyl (C=O) groups excluding carboxylic acids is 1. The molecule has 7 heavy (non-hydrogen) atoms. The minimum atomic E-state index is -0.528. The molecule has 0 amide bonds. The first-order valence-electron chi connectivity index (χ1n) is 1.08. The average molecular weight is 111 g/mol. The molecule has 0 unspecified atom stereocenters. The van der Waals surface area contributed by atoms with E-state index in [1.807, 2.05) is 0 Å². The maximum absolute atomic E-state index is 9.48. The van der Waals surface area contributed by atoms with E-state index in [1.54, 1.807) is 0 Å². The molecule has 1 rings (SSSR count). The molecule has 1 fully saturated rings. The monoisotopic (exact) mass is 111 g/mol. The van der Waals surface area contributed by atoms with Gasteiger partial charge in [-0.25, -0.2) is 4.79 Å². The Morgan fingerprint density at radius 2 is 1.71 bits per heavy atom. The van der Waals surface area contributed by atoms with Crippen LogP contribution in [0.5, 0.6) is 0 Å². The zero-order chi connectivity index (χ0) is 3.70. The van der Waals surface area contributed by atoms with Crippen LogP contribution in [0.1, 0.15) is 0 Å². The third-order valence-corrected chi connectivity index (χ3v) is 0.866. The van der Waals surface area contributed by atoms with Gasteiger partial charge in [-0.1, -0.05) is 0 Å². The molecule has 0 aliphatic carbocycles. The Morgan fingerprint density at radius 3 is 1.71 bits per heavy atom. The van der Waals surface area contributed by atoms with Gasteiger partial charge in [0.15, 0.2) is 0 Å². The summed E-state index contributed by atoms with van der Waals surface area (Å²) in [6, 6.07) is 0. The largest absolute Gasteiger partial charge is 1.00 e. The second-order valence-corrected chi connectivity index (χ2v) is 1.25.